The van der Waals surface area contributed by atoms with Crippen molar-refractivity contribution in [2.24, 2.45) is 0 Å². The number of rotatable bonds is 5. The summed E-state index contributed by atoms with van der Waals surface area (Å²) in [5.74, 6) is -1.77. The molecule has 0 spiro atoms. The molecule has 3 rings (SSSR count). The number of halogens is 1. The molecule has 0 amide bonds. The zero-order valence-electron chi connectivity index (χ0n) is 13.9. The average Bonchev–Trinajstić information content (AvgIpc) is 2.66. The quantitative estimate of drug-likeness (QED) is 0.697. The fraction of sp³-hybridized carbons (Fsp3) is 0.105. The van der Waals surface area contributed by atoms with Crippen molar-refractivity contribution in [3.05, 3.63) is 77.6 Å². The Morgan fingerprint density at radius 3 is 2.58 bits per heavy atom. The second kappa shape index (κ2) is 7.23. The molecule has 0 bridgehead atoms. The molecule has 0 fully saturated rings. The van der Waals surface area contributed by atoms with Gasteiger partial charge in [0, 0.05) is 0 Å². The molecule has 0 radical (unpaired) electrons. The maximum absolute atomic E-state index is 14.0. The molecule has 7 heteroatoms. The number of esters is 1. The summed E-state index contributed by atoms with van der Waals surface area (Å²) in [7, 11) is -2.56. The predicted octanol–water partition coefficient (Wildman–Crippen LogP) is 3.24. The fourth-order valence-corrected chi connectivity index (χ4v) is 3.34. The van der Waals surface area contributed by atoms with E-state index < -0.39 is 27.4 Å². The van der Waals surface area contributed by atoms with E-state index in [1.165, 1.54) is 7.05 Å². The molecule has 5 nitrogen and oxygen atoms in total. The van der Waals surface area contributed by atoms with Gasteiger partial charge in [-0.05, 0) is 41.6 Å². The van der Waals surface area contributed by atoms with Gasteiger partial charge in [0.1, 0.15) is 12.4 Å². The normalized spacial score (nSPS) is 11.5. The number of carbonyl (C=O) groups excluding carboxylic acids is 1. The molecule has 0 saturated carbocycles. The number of nitrogens with one attached hydrogen (secondary N) is 1. The first-order valence-electron chi connectivity index (χ1n) is 7.79. The van der Waals surface area contributed by atoms with E-state index in [1.807, 2.05) is 42.5 Å². The minimum absolute atomic E-state index is 0.0529. The van der Waals surface area contributed by atoms with Crippen LogP contribution in [0, 0.1) is 5.82 Å². The number of hydrogen-bond donors (Lipinski definition) is 1. The molecule has 0 aliphatic carbocycles. The van der Waals surface area contributed by atoms with E-state index in [2.05, 4.69) is 4.72 Å². The standard InChI is InChI=1S/C19H16FNO4S/c1-21-26(23,24)15-9-10-18(20)17(11-15)19(22)25-12-14-7-4-6-13-5-2-3-8-16(13)14/h2-11,21H,12H2,1H3. The molecule has 3 aromatic rings. The maximum Gasteiger partial charge on any atom is 0.341 e. The molecule has 0 aromatic heterocycles. The minimum atomic E-state index is -3.79. The van der Waals surface area contributed by atoms with Gasteiger partial charge in [-0.2, -0.15) is 0 Å². The number of hydrogen-bond acceptors (Lipinski definition) is 4. The first-order valence-corrected chi connectivity index (χ1v) is 9.27. The summed E-state index contributed by atoms with van der Waals surface area (Å²) < 4.78 is 45.0. The van der Waals surface area contributed by atoms with Gasteiger partial charge in [0.15, 0.2) is 0 Å². The van der Waals surface area contributed by atoms with Crippen molar-refractivity contribution in [3.63, 3.8) is 0 Å². The number of carbonyl (C=O) groups is 1. The zero-order valence-corrected chi connectivity index (χ0v) is 14.7. The van der Waals surface area contributed by atoms with Gasteiger partial charge in [-0.15, -0.1) is 0 Å². The number of ether oxygens (including phenoxy) is 1. The lowest BCUT2D eigenvalue weighted by atomic mass is 10.1. The Morgan fingerprint density at radius 2 is 1.81 bits per heavy atom. The summed E-state index contributed by atoms with van der Waals surface area (Å²) in [5, 5.41) is 1.92. The van der Waals surface area contributed by atoms with Crippen LogP contribution in [-0.2, 0) is 21.4 Å². The van der Waals surface area contributed by atoms with Crippen molar-refractivity contribution >= 4 is 26.8 Å². The Hall–Kier alpha value is -2.77. The predicted molar refractivity (Wildman–Crippen MR) is 95.7 cm³/mol. The Bertz CT molecular complexity index is 1070. The molecule has 0 aliphatic rings. The van der Waals surface area contributed by atoms with Gasteiger partial charge < -0.3 is 4.74 Å². The van der Waals surface area contributed by atoms with Gasteiger partial charge in [-0.3, -0.25) is 0 Å². The Kier molecular flexibility index (Phi) is 5.01. The summed E-state index contributed by atoms with van der Waals surface area (Å²) in [5.41, 5.74) is 0.345. The Balaban J connectivity index is 1.85. The van der Waals surface area contributed by atoms with Gasteiger partial charge >= 0.3 is 5.97 Å². The van der Waals surface area contributed by atoms with Crippen LogP contribution in [0.25, 0.3) is 10.8 Å². The van der Waals surface area contributed by atoms with Gasteiger partial charge in [-0.25, -0.2) is 22.3 Å². The average molecular weight is 373 g/mol. The maximum atomic E-state index is 14.0. The smallest absolute Gasteiger partial charge is 0.341 e. The highest BCUT2D eigenvalue weighted by atomic mass is 32.2. The van der Waals surface area contributed by atoms with Gasteiger partial charge in [0.25, 0.3) is 0 Å². The highest BCUT2D eigenvalue weighted by Gasteiger charge is 2.19. The van der Waals surface area contributed by atoms with E-state index in [9.17, 15) is 17.6 Å². The molecule has 0 atom stereocenters. The second-order valence-electron chi connectivity index (χ2n) is 5.56. The SMILES string of the molecule is CNS(=O)(=O)c1ccc(F)c(C(=O)OCc2cccc3ccccc23)c1. The summed E-state index contributed by atoms with van der Waals surface area (Å²) in [6.07, 6.45) is 0. The highest BCUT2D eigenvalue weighted by Crippen LogP contribution is 2.21. The highest BCUT2D eigenvalue weighted by molar-refractivity contribution is 7.89. The van der Waals surface area contributed by atoms with Crippen molar-refractivity contribution in [2.45, 2.75) is 11.5 Å². The topological polar surface area (TPSA) is 72.5 Å². The van der Waals surface area contributed by atoms with Crippen LogP contribution in [0.1, 0.15) is 15.9 Å². The molecule has 1 N–H and O–H groups in total. The minimum Gasteiger partial charge on any atom is -0.457 e. The third kappa shape index (κ3) is 3.58. The van der Waals surface area contributed by atoms with E-state index in [0.717, 1.165) is 34.5 Å². The van der Waals surface area contributed by atoms with Crippen LogP contribution in [0.2, 0.25) is 0 Å². The zero-order chi connectivity index (χ0) is 18.7. The van der Waals surface area contributed by atoms with E-state index in [-0.39, 0.29) is 11.5 Å². The van der Waals surface area contributed by atoms with Gasteiger partial charge in [0.05, 0.1) is 10.5 Å². The number of fused-ring (bicyclic) bond motifs is 1. The van der Waals surface area contributed by atoms with E-state index in [4.69, 9.17) is 4.74 Å². The molecule has 0 unspecified atom stereocenters. The molecular weight excluding hydrogens is 357 g/mol. The van der Waals surface area contributed by atoms with Crippen LogP contribution in [0.4, 0.5) is 4.39 Å². The first kappa shape index (κ1) is 18.0. The van der Waals surface area contributed by atoms with Crippen LogP contribution >= 0.6 is 0 Å². The van der Waals surface area contributed by atoms with E-state index >= 15 is 0 Å². The fourth-order valence-electron chi connectivity index (χ4n) is 2.59. The number of benzene rings is 3. The van der Waals surface area contributed by atoms with Crippen LogP contribution in [-0.4, -0.2) is 21.4 Å². The molecule has 3 aromatic carbocycles. The lowest BCUT2D eigenvalue weighted by Crippen LogP contribution is -2.19. The first-order chi connectivity index (χ1) is 12.4. The largest absolute Gasteiger partial charge is 0.457 e. The molecular formula is C19H16FNO4S. The molecule has 134 valence electrons. The third-order valence-corrected chi connectivity index (χ3v) is 5.39. The summed E-state index contributed by atoms with van der Waals surface area (Å²) in [4.78, 5) is 12.1. The molecule has 0 aliphatic heterocycles. The van der Waals surface area contributed by atoms with Gasteiger partial charge in [-0.1, -0.05) is 42.5 Å². The second-order valence-corrected chi connectivity index (χ2v) is 7.45. The summed E-state index contributed by atoms with van der Waals surface area (Å²) >= 11 is 0. The summed E-state index contributed by atoms with van der Waals surface area (Å²) in [6.45, 7) is -0.0529. The Labute approximate surface area is 150 Å². The van der Waals surface area contributed by atoms with Crippen molar-refractivity contribution in [1.29, 1.82) is 0 Å². The van der Waals surface area contributed by atoms with Crippen molar-refractivity contribution in [3.8, 4) is 0 Å². The van der Waals surface area contributed by atoms with Gasteiger partial charge in [0.2, 0.25) is 10.0 Å². The molecule has 0 saturated heterocycles. The van der Waals surface area contributed by atoms with E-state index in [0.29, 0.717) is 0 Å². The van der Waals surface area contributed by atoms with Crippen molar-refractivity contribution in [1.82, 2.24) is 4.72 Å². The van der Waals surface area contributed by atoms with E-state index in [1.54, 1.807) is 0 Å². The lowest BCUT2D eigenvalue weighted by Gasteiger charge is -2.10. The van der Waals surface area contributed by atoms with Crippen LogP contribution in [0.3, 0.4) is 0 Å². The molecule has 26 heavy (non-hydrogen) atoms. The lowest BCUT2D eigenvalue weighted by molar-refractivity contribution is 0.0468. The number of sulfonamides is 1. The monoisotopic (exact) mass is 373 g/mol. The third-order valence-electron chi connectivity index (χ3n) is 3.98. The van der Waals surface area contributed by atoms with Crippen LogP contribution in [0.5, 0.6) is 0 Å². The Morgan fingerprint density at radius 1 is 1.08 bits per heavy atom. The van der Waals surface area contributed by atoms with Crippen LogP contribution in [0.15, 0.2) is 65.6 Å². The van der Waals surface area contributed by atoms with Crippen molar-refractivity contribution in [2.75, 3.05) is 7.05 Å². The summed E-state index contributed by atoms with van der Waals surface area (Å²) in [6, 6.07) is 16.2. The van der Waals surface area contributed by atoms with Crippen LogP contribution < -0.4 is 4.72 Å². The molecule has 0 heterocycles. The van der Waals surface area contributed by atoms with Crippen molar-refractivity contribution < 1.29 is 22.3 Å².